The third-order valence-electron chi connectivity index (χ3n) is 4.73. The van der Waals surface area contributed by atoms with Gasteiger partial charge in [0.25, 0.3) is 0 Å². The molecule has 0 spiro atoms. The Labute approximate surface area is 161 Å². The standard InChI is InChI=1S/C17H20F3N3O4S/c1-8(24)27-6-14-17(26)16(13(25)7-28(14)2)23-5-12(21-22-23)9-3-10(18)15(20)11(19)4-9/h3-5,13-14,16-17,25-26,28H,6-7H2,1-2H3/t13-,14+,16-,17-/m0/s1. The molecule has 2 heterocycles. The largest absolute Gasteiger partial charge is 0.465 e. The van der Waals surface area contributed by atoms with Crippen LogP contribution in [0.15, 0.2) is 18.3 Å². The average Bonchev–Trinajstić information content (AvgIpc) is 3.08. The fourth-order valence-electron chi connectivity index (χ4n) is 3.27. The van der Waals surface area contributed by atoms with E-state index in [9.17, 15) is 28.2 Å². The molecule has 28 heavy (non-hydrogen) atoms. The summed E-state index contributed by atoms with van der Waals surface area (Å²) in [6, 6.07) is 0.695. The van der Waals surface area contributed by atoms with E-state index in [0.717, 1.165) is 12.1 Å². The molecule has 1 unspecified atom stereocenters. The van der Waals surface area contributed by atoms with Gasteiger partial charge in [-0.25, -0.2) is 28.7 Å². The third-order valence-corrected chi connectivity index (χ3v) is 7.27. The first kappa shape index (κ1) is 20.6. The Morgan fingerprint density at radius 1 is 1.32 bits per heavy atom. The molecule has 0 aliphatic carbocycles. The maximum Gasteiger partial charge on any atom is 0.302 e. The van der Waals surface area contributed by atoms with E-state index in [1.807, 2.05) is 6.26 Å². The molecule has 11 heteroatoms. The fraction of sp³-hybridized carbons (Fsp3) is 0.471. The van der Waals surface area contributed by atoms with Gasteiger partial charge in [0, 0.05) is 23.5 Å². The highest BCUT2D eigenvalue weighted by Crippen LogP contribution is 2.42. The fourth-order valence-corrected chi connectivity index (χ4v) is 5.38. The van der Waals surface area contributed by atoms with Crippen molar-refractivity contribution in [2.45, 2.75) is 30.4 Å². The first-order chi connectivity index (χ1) is 13.2. The Bertz CT molecular complexity index is 858. The summed E-state index contributed by atoms with van der Waals surface area (Å²) in [5, 5.41) is 28.5. The summed E-state index contributed by atoms with van der Waals surface area (Å²) in [7, 11) is -0.810. The lowest BCUT2D eigenvalue weighted by atomic mass is 10.0. The zero-order valence-electron chi connectivity index (χ0n) is 15.1. The minimum Gasteiger partial charge on any atom is -0.465 e. The lowest BCUT2D eigenvalue weighted by Crippen LogP contribution is -2.50. The Kier molecular flexibility index (Phi) is 5.96. The van der Waals surface area contributed by atoms with Gasteiger partial charge in [-0.05, 0) is 18.4 Å². The maximum atomic E-state index is 13.5. The van der Waals surface area contributed by atoms with Crippen LogP contribution in [-0.4, -0.2) is 67.2 Å². The highest BCUT2D eigenvalue weighted by atomic mass is 32.2. The topological polar surface area (TPSA) is 97.5 Å². The van der Waals surface area contributed by atoms with Gasteiger partial charge in [-0.2, -0.15) is 0 Å². The van der Waals surface area contributed by atoms with Crippen molar-refractivity contribution < 1.29 is 32.9 Å². The number of carbonyl (C=O) groups is 1. The van der Waals surface area contributed by atoms with Gasteiger partial charge < -0.3 is 14.9 Å². The van der Waals surface area contributed by atoms with Gasteiger partial charge in [-0.15, -0.1) is 5.10 Å². The van der Waals surface area contributed by atoms with Gasteiger partial charge in [0.2, 0.25) is 0 Å². The highest BCUT2D eigenvalue weighted by Gasteiger charge is 2.42. The Hall–Kier alpha value is -2.11. The van der Waals surface area contributed by atoms with Crippen molar-refractivity contribution in [2.24, 2.45) is 0 Å². The predicted octanol–water partition coefficient (Wildman–Crippen LogP) is 1.20. The molecule has 1 aromatic heterocycles. The zero-order valence-corrected chi connectivity index (χ0v) is 16.0. The second-order valence-corrected chi connectivity index (χ2v) is 9.24. The molecule has 0 saturated carbocycles. The van der Waals surface area contributed by atoms with Crippen LogP contribution in [0.4, 0.5) is 13.2 Å². The number of halogens is 3. The SMILES string of the molecule is CC(=O)OC[C@@H]1[C@H](O)[C@@H](n2cc(-c3cc(F)c(F)c(F)c3)nn2)[C@@H](O)C[SH]1C. The molecule has 1 aliphatic heterocycles. The molecule has 0 amide bonds. The normalized spacial score (nSPS) is 28.9. The van der Waals surface area contributed by atoms with E-state index in [4.69, 9.17) is 4.74 Å². The molecule has 154 valence electrons. The van der Waals surface area contributed by atoms with Gasteiger partial charge in [0.15, 0.2) is 17.5 Å². The van der Waals surface area contributed by atoms with Crippen LogP contribution < -0.4 is 0 Å². The lowest BCUT2D eigenvalue weighted by Gasteiger charge is -2.43. The second-order valence-electron chi connectivity index (χ2n) is 6.70. The summed E-state index contributed by atoms with van der Waals surface area (Å²) in [6.45, 7) is 1.28. The molecule has 7 nitrogen and oxygen atoms in total. The van der Waals surface area contributed by atoms with Crippen LogP contribution in [0.5, 0.6) is 0 Å². The number of carbonyl (C=O) groups excluding carboxylic acids is 1. The molecule has 2 aromatic rings. The van der Waals surface area contributed by atoms with E-state index in [-0.39, 0.29) is 23.1 Å². The van der Waals surface area contributed by atoms with Crippen molar-refractivity contribution in [1.29, 1.82) is 0 Å². The summed E-state index contributed by atoms with van der Waals surface area (Å²) >= 11 is 0. The molecule has 1 aromatic carbocycles. The summed E-state index contributed by atoms with van der Waals surface area (Å²) in [5.74, 6) is -4.39. The van der Waals surface area contributed by atoms with Gasteiger partial charge >= 0.3 is 5.97 Å². The Balaban J connectivity index is 1.87. The van der Waals surface area contributed by atoms with Crippen molar-refractivity contribution in [3.8, 4) is 11.3 Å². The number of aliphatic hydroxyl groups is 2. The summed E-state index contributed by atoms with van der Waals surface area (Å²) in [6.07, 6.45) is 1.20. The molecule has 1 saturated heterocycles. The van der Waals surface area contributed by atoms with E-state index in [1.165, 1.54) is 17.8 Å². The summed E-state index contributed by atoms with van der Waals surface area (Å²) < 4.78 is 46.3. The van der Waals surface area contributed by atoms with Crippen LogP contribution in [0.25, 0.3) is 11.3 Å². The molecule has 5 atom stereocenters. The maximum absolute atomic E-state index is 13.5. The van der Waals surface area contributed by atoms with E-state index >= 15 is 0 Å². The quantitative estimate of drug-likeness (QED) is 0.392. The molecule has 1 aliphatic rings. The van der Waals surface area contributed by atoms with Gasteiger partial charge in [0.1, 0.15) is 18.3 Å². The number of thiol groups is 1. The number of rotatable bonds is 4. The molecule has 3 rings (SSSR count). The van der Waals surface area contributed by atoms with Crippen molar-refractivity contribution in [2.75, 3.05) is 18.6 Å². The van der Waals surface area contributed by atoms with Crippen LogP contribution >= 0.6 is 10.9 Å². The number of hydrogen-bond acceptors (Lipinski definition) is 6. The van der Waals surface area contributed by atoms with Crippen LogP contribution in [0, 0.1) is 17.5 Å². The second kappa shape index (κ2) is 8.10. The Morgan fingerprint density at radius 2 is 1.96 bits per heavy atom. The van der Waals surface area contributed by atoms with Crippen molar-refractivity contribution in [3.63, 3.8) is 0 Å². The molecular formula is C17H20F3N3O4S. The smallest absolute Gasteiger partial charge is 0.302 e. The lowest BCUT2D eigenvalue weighted by molar-refractivity contribution is -0.141. The van der Waals surface area contributed by atoms with Gasteiger partial charge in [-0.1, -0.05) is 5.21 Å². The average molecular weight is 419 g/mol. The minimum absolute atomic E-state index is 0.0118. The molecule has 0 radical (unpaired) electrons. The summed E-state index contributed by atoms with van der Waals surface area (Å²) in [5.41, 5.74) is 0.0229. The monoisotopic (exact) mass is 419 g/mol. The van der Waals surface area contributed by atoms with Gasteiger partial charge in [-0.3, -0.25) is 4.79 Å². The van der Waals surface area contributed by atoms with Gasteiger partial charge in [0.05, 0.1) is 18.4 Å². The van der Waals surface area contributed by atoms with E-state index in [2.05, 4.69) is 10.3 Å². The summed E-state index contributed by atoms with van der Waals surface area (Å²) in [4.78, 5) is 11.1. The first-order valence-corrected chi connectivity index (χ1v) is 10.5. The number of benzene rings is 1. The number of ether oxygens (including phenoxy) is 1. The van der Waals surface area contributed by atoms with Crippen molar-refractivity contribution in [1.82, 2.24) is 15.0 Å². The third kappa shape index (κ3) is 4.01. The van der Waals surface area contributed by atoms with Crippen molar-refractivity contribution >= 4 is 16.9 Å². The number of esters is 1. The predicted molar refractivity (Wildman–Crippen MR) is 96.6 cm³/mol. The highest BCUT2D eigenvalue weighted by molar-refractivity contribution is 8.17. The van der Waals surface area contributed by atoms with Crippen LogP contribution in [0.1, 0.15) is 13.0 Å². The minimum atomic E-state index is -1.58. The zero-order chi connectivity index (χ0) is 20.6. The first-order valence-electron chi connectivity index (χ1n) is 8.45. The Morgan fingerprint density at radius 3 is 2.57 bits per heavy atom. The number of hydrogen-bond donors (Lipinski definition) is 3. The van der Waals surface area contributed by atoms with E-state index in [1.54, 1.807) is 0 Å². The molecule has 2 N–H and O–H groups in total. The molecule has 1 fully saturated rings. The number of aromatic nitrogens is 3. The van der Waals surface area contributed by atoms with Crippen LogP contribution in [-0.2, 0) is 9.53 Å². The number of nitrogens with zero attached hydrogens (tertiary/aromatic N) is 3. The molecule has 0 bridgehead atoms. The van der Waals surface area contributed by atoms with Crippen LogP contribution in [0.2, 0.25) is 0 Å². The van der Waals surface area contributed by atoms with Crippen LogP contribution in [0.3, 0.4) is 0 Å². The van der Waals surface area contributed by atoms with E-state index < -0.39 is 52.6 Å². The molecular weight excluding hydrogens is 399 g/mol. The van der Waals surface area contributed by atoms with Crippen molar-refractivity contribution in [3.05, 3.63) is 35.8 Å². The number of aliphatic hydroxyl groups excluding tert-OH is 2. The van der Waals surface area contributed by atoms with E-state index in [0.29, 0.717) is 5.75 Å².